The molecule has 78 valence electrons. The molecule has 1 aliphatic rings. The minimum absolute atomic E-state index is 0.692. The minimum atomic E-state index is 0.692. The Morgan fingerprint density at radius 3 is 2.62 bits per heavy atom. The number of hydrogen-bond acceptors (Lipinski definition) is 1. The van der Waals surface area contributed by atoms with E-state index in [4.69, 9.17) is 0 Å². The van der Waals surface area contributed by atoms with Crippen molar-refractivity contribution in [2.24, 2.45) is 11.8 Å². The van der Waals surface area contributed by atoms with E-state index in [0.29, 0.717) is 6.04 Å². The van der Waals surface area contributed by atoms with Crippen LogP contribution in [0.4, 0.5) is 0 Å². The fourth-order valence-corrected chi connectivity index (χ4v) is 2.30. The van der Waals surface area contributed by atoms with Crippen LogP contribution in [0.5, 0.6) is 0 Å². The molecule has 1 N–H and O–H groups in total. The lowest BCUT2D eigenvalue weighted by Crippen LogP contribution is -2.44. The van der Waals surface area contributed by atoms with E-state index in [1.54, 1.807) is 0 Å². The van der Waals surface area contributed by atoms with Crippen molar-refractivity contribution in [2.45, 2.75) is 65.5 Å². The Kier molecular flexibility index (Phi) is 4.24. The molecule has 1 saturated carbocycles. The Hall–Kier alpha value is -0.0400. The topological polar surface area (TPSA) is 12.0 Å². The average Bonchev–Trinajstić information content (AvgIpc) is 2.13. The normalized spacial score (nSPS) is 37.4. The van der Waals surface area contributed by atoms with Crippen molar-refractivity contribution in [3.05, 3.63) is 0 Å². The Labute approximate surface area is 83.3 Å². The van der Waals surface area contributed by atoms with Crippen molar-refractivity contribution in [3.63, 3.8) is 0 Å². The molecule has 0 saturated heterocycles. The molecule has 0 aromatic rings. The van der Waals surface area contributed by atoms with E-state index in [-0.39, 0.29) is 0 Å². The van der Waals surface area contributed by atoms with Crippen LogP contribution in [-0.4, -0.2) is 12.1 Å². The third-order valence-electron chi connectivity index (χ3n) is 3.82. The van der Waals surface area contributed by atoms with Crippen molar-refractivity contribution < 1.29 is 0 Å². The van der Waals surface area contributed by atoms with Crippen LogP contribution in [0, 0.1) is 11.8 Å². The standard InChI is InChI=1S/C12H25N/c1-5-10(3)13-12-8-6-7-9(2)11(12)4/h9-13H,5-8H2,1-4H3/t9-,10+,11-,12-/m0/s1. The smallest absolute Gasteiger partial charge is 0.00977 e. The van der Waals surface area contributed by atoms with E-state index >= 15 is 0 Å². The highest BCUT2D eigenvalue weighted by atomic mass is 15.0. The molecular weight excluding hydrogens is 158 g/mol. The van der Waals surface area contributed by atoms with Gasteiger partial charge in [-0.1, -0.05) is 33.6 Å². The first-order chi connectivity index (χ1) is 6.15. The van der Waals surface area contributed by atoms with Crippen LogP contribution in [0.2, 0.25) is 0 Å². The van der Waals surface area contributed by atoms with Crippen LogP contribution in [0.15, 0.2) is 0 Å². The van der Waals surface area contributed by atoms with Gasteiger partial charge in [0, 0.05) is 12.1 Å². The van der Waals surface area contributed by atoms with Gasteiger partial charge in [0.1, 0.15) is 0 Å². The summed E-state index contributed by atoms with van der Waals surface area (Å²) in [5.74, 6) is 1.78. The predicted octanol–water partition coefficient (Wildman–Crippen LogP) is 3.20. The summed E-state index contributed by atoms with van der Waals surface area (Å²) in [6, 6.07) is 1.47. The van der Waals surface area contributed by atoms with Gasteiger partial charge in [0.15, 0.2) is 0 Å². The number of nitrogens with one attached hydrogen (secondary N) is 1. The number of rotatable bonds is 3. The van der Waals surface area contributed by atoms with Crippen LogP contribution in [0.25, 0.3) is 0 Å². The van der Waals surface area contributed by atoms with Crippen molar-refractivity contribution in [3.8, 4) is 0 Å². The summed E-state index contributed by atoms with van der Waals surface area (Å²) in [6.45, 7) is 9.36. The predicted molar refractivity (Wildman–Crippen MR) is 58.9 cm³/mol. The molecule has 0 spiro atoms. The summed E-state index contributed by atoms with van der Waals surface area (Å²) in [7, 11) is 0. The van der Waals surface area contributed by atoms with Gasteiger partial charge in [-0.3, -0.25) is 0 Å². The van der Waals surface area contributed by atoms with Gasteiger partial charge in [0.2, 0.25) is 0 Å². The molecule has 1 rings (SSSR count). The first-order valence-electron chi connectivity index (χ1n) is 5.91. The van der Waals surface area contributed by atoms with Gasteiger partial charge in [-0.15, -0.1) is 0 Å². The highest BCUT2D eigenvalue weighted by molar-refractivity contribution is 4.83. The molecule has 0 radical (unpaired) electrons. The van der Waals surface area contributed by atoms with E-state index in [9.17, 15) is 0 Å². The van der Waals surface area contributed by atoms with Crippen LogP contribution < -0.4 is 5.32 Å². The zero-order chi connectivity index (χ0) is 9.84. The lowest BCUT2D eigenvalue weighted by atomic mass is 9.78. The van der Waals surface area contributed by atoms with Crippen LogP contribution in [0.3, 0.4) is 0 Å². The Morgan fingerprint density at radius 2 is 2.00 bits per heavy atom. The van der Waals surface area contributed by atoms with Gasteiger partial charge in [-0.05, 0) is 31.6 Å². The maximum absolute atomic E-state index is 3.75. The second-order valence-corrected chi connectivity index (χ2v) is 4.85. The van der Waals surface area contributed by atoms with Gasteiger partial charge >= 0.3 is 0 Å². The van der Waals surface area contributed by atoms with E-state index in [0.717, 1.165) is 17.9 Å². The maximum Gasteiger partial charge on any atom is 0.00977 e. The van der Waals surface area contributed by atoms with Crippen molar-refractivity contribution >= 4 is 0 Å². The maximum atomic E-state index is 3.75. The second kappa shape index (κ2) is 4.99. The monoisotopic (exact) mass is 183 g/mol. The van der Waals surface area contributed by atoms with E-state index in [1.807, 2.05) is 0 Å². The molecule has 13 heavy (non-hydrogen) atoms. The van der Waals surface area contributed by atoms with Crippen LogP contribution in [-0.2, 0) is 0 Å². The molecule has 1 fully saturated rings. The Balaban J connectivity index is 2.39. The molecule has 0 amide bonds. The van der Waals surface area contributed by atoms with Crippen molar-refractivity contribution in [2.75, 3.05) is 0 Å². The lowest BCUT2D eigenvalue weighted by molar-refractivity contribution is 0.195. The summed E-state index contributed by atoms with van der Waals surface area (Å²) < 4.78 is 0. The highest BCUT2D eigenvalue weighted by Crippen LogP contribution is 2.29. The summed E-state index contributed by atoms with van der Waals surface area (Å²) in [5.41, 5.74) is 0. The lowest BCUT2D eigenvalue weighted by Gasteiger charge is -2.36. The average molecular weight is 183 g/mol. The molecule has 0 bridgehead atoms. The highest BCUT2D eigenvalue weighted by Gasteiger charge is 2.27. The SMILES string of the molecule is CC[C@@H](C)N[C@H]1CCC[C@H](C)[C@@H]1C. The summed E-state index contributed by atoms with van der Waals surface area (Å²) >= 11 is 0. The van der Waals surface area contributed by atoms with Crippen LogP contribution >= 0.6 is 0 Å². The fraction of sp³-hybridized carbons (Fsp3) is 1.00. The van der Waals surface area contributed by atoms with Gasteiger partial charge in [0.05, 0.1) is 0 Å². The third-order valence-corrected chi connectivity index (χ3v) is 3.82. The Bertz CT molecular complexity index is 144. The zero-order valence-electron chi connectivity index (χ0n) is 9.64. The quantitative estimate of drug-likeness (QED) is 0.708. The van der Waals surface area contributed by atoms with E-state index < -0.39 is 0 Å². The van der Waals surface area contributed by atoms with Gasteiger partial charge < -0.3 is 5.32 Å². The molecule has 1 heteroatoms. The summed E-state index contributed by atoms with van der Waals surface area (Å²) in [5, 5.41) is 3.75. The molecule has 0 unspecified atom stereocenters. The van der Waals surface area contributed by atoms with Crippen molar-refractivity contribution in [1.82, 2.24) is 5.32 Å². The van der Waals surface area contributed by atoms with Crippen molar-refractivity contribution in [1.29, 1.82) is 0 Å². The molecule has 0 aromatic heterocycles. The minimum Gasteiger partial charge on any atom is -0.311 e. The molecule has 1 aliphatic carbocycles. The largest absolute Gasteiger partial charge is 0.311 e. The zero-order valence-corrected chi connectivity index (χ0v) is 9.64. The van der Waals surface area contributed by atoms with Gasteiger partial charge in [-0.25, -0.2) is 0 Å². The summed E-state index contributed by atoms with van der Waals surface area (Å²) in [4.78, 5) is 0. The molecular formula is C12H25N. The molecule has 1 nitrogen and oxygen atoms in total. The Morgan fingerprint density at radius 1 is 1.31 bits per heavy atom. The molecule has 0 heterocycles. The van der Waals surface area contributed by atoms with E-state index in [1.165, 1.54) is 25.7 Å². The number of hydrogen-bond donors (Lipinski definition) is 1. The van der Waals surface area contributed by atoms with E-state index in [2.05, 4.69) is 33.0 Å². The third kappa shape index (κ3) is 2.98. The fourth-order valence-electron chi connectivity index (χ4n) is 2.30. The molecule has 4 atom stereocenters. The van der Waals surface area contributed by atoms with Crippen LogP contribution in [0.1, 0.15) is 53.4 Å². The second-order valence-electron chi connectivity index (χ2n) is 4.85. The van der Waals surface area contributed by atoms with Gasteiger partial charge in [0.25, 0.3) is 0 Å². The molecule has 0 aromatic carbocycles. The van der Waals surface area contributed by atoms with Gasteiger partial charge in [-0.2, -0.15) is 0 Å². The first kappa shape index (κ1) is 11.0. The first-order valence-corrected chi connectivity index (χ1v) is 5.91. The summed E-state index contributed by atoms with van der Waals surface area (Å²) in [6.07, 6.45) is 5.48. The molecule has 0 aliphatic heterocycles.